The number of nitrogens with zero attached hydrogens (tertiary/aromatic N) is 3. The molecule has 28 heavy (non-hydrogen) atoms. The molecule has 1 aliphatic rings. The lowest BCUT2D eigenvalue weighted by Crippen LogP contribution is -2.12. The van der Waals surface area contributed by atoms with E-state index in [1.165, 1.54) is 18.7 Å². The molecule has 0 aliphatic carbocycles. The summed E-state index contributed by atoms with van der Waals surface area (Å²) in [5, 5.41) is 3.84. The maximum atomic E-state index is 12.8. The van der Waals surface area contributed by atoms with Crippen LogP contribution in [-0.4, -0.2) is 20.4 Å². The van der Waals surface area contributed by atoms with Gasteiger partial charge in [-0.05, 0) is 43.2 Å². The van der Waals surface area contributed by atoms with E-state index in [9.17, 15) is 4.79 Å². The fourth-order valence-corrected chi connectivity index (χ4v) is 3.78. The fourth-order valence-electron chi connectivity index (χ4n) is 3.78. The summed E-state index contributed by atoms with van der Waals surface area (Å²) in [5.41, 5.74) is 4.26. The van der Waals surface area contributed by atoms with Crippen molar-refractivity contribution >= 4 is 22.5 Å². The number of nitrogens with one attached hydrogen (secondary N) is 1. The van der Waals surface area contributed by atoms with Crippen LogP contribution in [0.3, 0.4) is 0 Å². The SMILES string of the molecule is O=C(Nc1ccc(-c2cn3c(n2)CCCC3)cc1)c1cccc2ncccc12. The summed E-state index contributed by atoms with van der Waals surface area (Å²) >= 11 is 0. The van der Waals surface area contributed by atoms with E-state index in [0.29, 0.717) is 5.56 Å². The van der Waals surface area contributed by atoms with Crippen LogP contribution in [0.15, 0.2) is 67.0 Å². The van der Waals surface area contributed by atoms with Crippen LogP contribution in [0.4, 0.5) is 5.69 Å². The summed E-state index contributed by atoms with van der Waals surface area (Å²) in [6.45, 7) is 1.05. The lowest BCUT2D eigenvalue weighted by molar-refractivity contribution is 0.102. The second-order valence-corrected chi connectivity index (χ2v) is 7.10. The molecular weight excluding hydrogens is 348 g/mol. The van der Waals surface area contributed by atoms with Gasteiger partial charge in [0, 0.05) is 47.6 Å². The molecule has 5 rings (SSSR count). The topological polar surface area (TPSA) is 59.8 Å². The van der Waals surface area contributed by atoms with Crippen molar-refractivity contribution in [3.05, 3.63) is 78.4 Å². The van der Waals surface area contributed by atoms with Crippen LogP contribution in [-0.2, 0) is 13.0 Å². The quantitative estimate of drug-likeness (QED) is 0.571. The molecule has 2 aromatic carbocycles. The molecule has 1 aliphatic heterocycles. The molecule has 0 saturated heterocycles. The van der Waals surface area contributed by atoms with Crippen LogP contribution in [0, 0.1) is 0 Å². The maximum absolute atomic E-state index is 12.8. The number of hydrogen-bond acceptors (Lipinski definition) is 3. The zero-order valence-electron chi connectivity index (χ0n) is 15.4. The molecule has 138 valence electrons. The first kappa shape index (κ1) is 16.7. The molecule has 0 radical (unpaired) electrons. The van der Waals surface area contributed by atoms with Crippen molar-refractivity contribution in [3.63, 3.8) is 0 Å². The largest absolute Gasteiger partial charge is 0.334 e. The molecule has 5 heteroatoms. The average molecular weight is 368 g/mol. The second-order valence-electron chi connectivity index (χ2n) is 7.10. The van der Waals surface area contributed by atoms with Gasteiger partial charge in [-0.1, -0.05) is 24.3 Å². The summed E-state index contributed by atoms with van der Waals surface area (Å²) in [6, 6.07) is 17.2. The first-order valence-electron chi connectivity index (χ1n) is 9.59. The minimum atomic E-state index is -0.135. The zero-order valence-corrected chi connectivity index (χ0v) is 15.4. The molecule has 2 aromatic heterocycles. The van der Waals surface area contributed by atoms with Gasteiger partial charge >= 0.3 is 0 Å². The third-order valence-electron chi connectivity index (χ3n) is 5.24. The summed E-state index contributed by atoms with van der Waals surface area (Å²) in [7, 11) is 0. The monoisotopic (exact) mass is 368 g/mol. The number of anilines is 1. The van der Waals surface area contributed by atoms with Crippen molar-refractivity contribution in [3.8, 4) is 11.3 Å². The predicted octanol–water partition coefficient (Wildman–Crippen LogP) is 4.69. The van der Waals surface area contributed by atoms with Gasteiger partial charge in [0.1, 0.15) is 5.82 Å². The third kappa shape index (κ3) is 3.05. The molecule has 1 amide bonds. The van der Waals surface area contributed by atoms with Crippen LogP contribution in [0.5, 0.6) is 0 Å². The number of hydrogen-bond donors (Lipinski definition) is 1. The first-order chi connectivity index (χ1) is 13.8. The van der Waals surface area contributed by atoms with E-state index in [-0.39, 0.29) is 5.91 Å². The van der Waals surface area contributed by atoms with Gasteiger partial charge in [0.05, 0.1) is 11.2 Å². The number of imidazole rings is 1. The molecule has 0 fully saturated rings. The number of aromatic nitrogens is 3. The summed E-state index contributed by atoms with van der Waals surface area (Å²) in [6.07, 6.45) is 7.35. The average Bonchev–Trinajstić information content (AvgIpc) is 3.18. The van der Waals surface area contributed by atoms with Crippen LogP contribution in [0.1, 0.15) is 29.0 Å². The standard InChI is InChI=1S/C23H20N4O/c28-23(19-5-3-7-20-18(19)6-4-13-24-20)25-17-11-9-16(10-12-17)21-15-27-14-2-1-8-22(27)26-21/h3-7,9-13,15H,1-2,8,14H2,(H,25,28). The van der Waals surface area contributed by atoms with Crippen molar-refractivity contribution in [1.82, 2.24) is 14.5 Å². The molecule has 0 saturated carbocycles. The minimum Gasteiger partial charge on any atom is -0.334 e. The van der Waals surface area contributed by atoms with E-state index < -0.39 is 0 Å². The van der Waals surface area contributed by atoms with E-state index in [4.69, 9.17) is 4.98 Å². The molecule has 4 aromatic rings. The van der Waals surface area contributed by atoms with Crippen molar-refractivity contribution in [2.24, 2.45) is 0 Å². The Bertz CT molecular complexity index is 1130. The first-order valence-corrected chi connectivity index (χ1v) is 9.59. The maximum Gasteiger partial charge on any atom is 0.256 e. The van der Waals surface area contributed by atoms with E-state index in [0.717, 1.165) is 40.8 Å². The number of fused-ring (bicyclic) bond motifs is 2. The number of benzene rings is 2. The Morgan fingerprint density at radius 3 is 2.75 bits per heavy atom. The van der Waals surface area contributed by atoms with Crippen molar-refractivity contribution in [2.75, 3.05) is 5.32 Å². The van der Waals surface area contributed by atoms with E-state index in [1.807, 2.05) is 54.6 Å². The van der Waals surface area contributed by atoms with Gasteiger partial charge in [0.15, 0.2) is 0 Å². The van der Waals surface area contributed by atoms with Gasteiger partial charge in [0.25, 0.3) is 5.91 Å². The highest BCUT2D eigenvalue weighted by Crippen LogP contribution is 2.24. The van der Waals surface area contributed by atoms with E-state index in [2.05, 4.69) is 21.1 Å². The van der Waals surface area contributed by atoms with Crippen LogP contribution in [0.2, 0.25) is 0 Å². The highest BCUT2D eigenvalue weighted by molar-refractivity contribution is 6.12. The second kappa shape index (κ2) is 6.93. The van der Waals surface area contributed by atoms with Gasteiger partial charge in [-0.15, -0.1) is 0 Å². The highest BCUT2D eigenvalue weighted by Gasteiger charge is 2.14. The van der Waals surface area contributed by atoms with E-state index in [1.54, 1.807) is 6.20 Å². The minimum absolute atomic E-state index is 0.135. The number of pyridine rings is 1. The van der Waals surface area contributed by atoms with Crippen LogP contribution < -0.4 is 5.32 Å². The Labute approximate surface area is 163 Å². The molecule has 0 bridgehead atoms. The van der Waals surface area contributed by atoms with Crippen molar-refractivity contribution in [1.29, 1.82) is 0 Å². The Balaban J connectivity index is 1.37. The van der Waals surface area contributed by atoms with Crippen molar-refractivity contribution in [2.45, 2.75) is 25.8 Å². The summed E-state index contributed by atoms with van der Waals surface area (Å²) in [4.78, 5) is 21.8. The molecular formula is C23H20N4O. The molecule has 0 atom stereocenters. The van der Waals surface area contributed by atoms with Gasteiger partial charge in [-0.3, -0.25) is 9.78 Å². The van der Waals surface area contributed by atoms with Gasteiger partial charge in [-0.2, -0.15) is 0 Å². The smallest absolute Gasteiger partial charge is 0.256 e. The normalized spacial score (nSPS) is 13.3. The lowest BCUT2D eigenvalue weighted by atomic mass is 10.1. The zero-order chi connectivity index (χ0) is 18.9. The highest BCUT2D eigenvalue weighted by atomic mass is 16.1. The number of amides is 1. The number of carbonyl (C=O) groups excluding carboxylic acids is 1. The lowest BCUT2D eigenvalue weighted by Gasteiger charge is -2.11. The van der Waals surface area contributed by atoms with Crippen LogP contribution >= 0.6 is 0 Å². The number of rotatable bonds is 3. The van der Waals surface area contributed by atoms with Gasteiger partial charge < -0.3 is 9.88 Å². The van der Waals surface area contributed by atoms with Crippen LogP contribution in [0.25, 0.3) is 22.2 Å². The fraction of sp³-hybridized carbons (Fsp3) is 0.174. The molecule has 0 unspecified atom stereocenters. The Kier molecular flexibility index (Phi) is 4.13. The van der Waals surface area contributed by atoms with E-state index >= 15 is 0 Å². The Hall–Kier alpha value is -3.47. The molecule has 5 nitrogen and oxygen atoms in total. The third-order valence-corrected chi connectivity index (χ3v) is 5.24. The molecule has 1 N–H and O–H groups in total. The number of aryl methyl sites for hydroxylation is 2. The molecule has 3 heterocycles. The Morgan fingerprint density at radius 1 is 1.00 bits per heavy atom. The molecule has 0 spiro atoms. The predicted molar refractivity (Wildman–Crippen MR) is 110 cm³/mol. The number of carbonyl (C=O) groups is 1. The summed E-state index contributed by atoms with van der Waals surface area (Å²) in [5.74, 6) is 1.03. The summed E-state index contributed by atoms with van der Waals surface area (Å²) < 4.78 is 2.25. The Morgan fingerprint density at radius 2 is 1.89 bits per heavy atom. The van der Waals surface area contributed by atoms with Gasteiger partial charge in [0.2, 0.25) is 0 Å². The van der Waals surface area contributed by atoms with Gasteiger partial charge in [-0.25, -0.2) is 4.98 Å². The van der Waals surface area contributed by atoms with Crippen molar-refractivity contribution < 1.29 is 4.79 Å².